The van der Waals surface area contributed by atoms with Gasteiger partial charge in [-0.3, -0.25) is 0 Å². The Labute approximate surface area is 117 Å². The van der Waals surface area contributed by atoms with Crippen LogP contribution in [0.1, 0.15) is 23.1 Å². The molecule has 0 spiro atoms. The first-order valence-electron chi connectivity index (χ1n) is 5.79. The molecule has 4 heteroatoms. The summed E-state index contributed by atoms with van der Waals surface area (Å²) in [7, 11) is 0. The van der Waals surface area contributed by atoms with Crippen LogP contribution < -0.4 is 10.5 Å². The number of hydrogen-bond acceptors (Lipinski definition) is 2. The summed E-state index contributed by atoms with van der Waals surface area (Å²) in [5.74, 6) is 1.01. The van der Waals surface area contributed by atoms with E-state index in [2.05, 4.69) is 37.9 Å². The van der Waals surface area contributed by atoms with E-state index in [-0.39, 0.29) is 0 Å². The van der Waals surface area contributed by atoms with E-state index in [1.165, 1.54) is 22.3 Å². The number of rotatable bonds is 1. The van der Waals surface area contributed by atoms with Gasteiger partial charge in [0, 0.05) is 23.0 Å². The zero-order valence-corrected chi connectivity index (χ0v) is 12.5. The van der Waals surface area contributed by atoms with Crippen molar-refractivity contribution < 1.29 is 4.74 Å². The van der Waals surface area contributed by atoms with Crippen LogP contribution in [0.15, 0.2) is 15.0 Å². The highest BCUT2D eigenvalue weighted by atomic mass is 79.9. The lowest BCUT2D eigenvalue weighted by Gasteiger charge is -2.12. The summed E-state index contributed by atoms with van der Waals surface area (Å²) in [4.78, 5) is 0. The number of allylic oxidation sites excluding steroid dienone is 1. The average Bonchev–Trinajstić information content (AvgIpc) is 2.92. The summed E-state index contributed by atoms with van der Waals surface area (Å²) in [6, 6.07) is 0. The molecule has 2 nitrogen and oxygen atoms in total. The van der Waals surface area contributed by atoms with Gasteiger partial charge in [-0.1, -0.05) is 6.08 Å². The Balaban J connectivity index is 2.29. The van der Waals surface area contributed by atoms with Gasteiger partial charge in [-0.2, -0.15) is 0 Å². The van der Waals surface area contributed by atoms with Crippen LogP contribution in [0, 0.1) is 0 Å². The van der Waals surface area contributed by atoms with Crippen molar-refractivity contribution in [2.75, 3.05) is 13.2 Å². The normalized spacial score (nSPS) is 19.4. The van der Waals surface area contributed by atoms with Crippen molar-refractivity contribution in [2.45, 2.75) is 19.3 Å². The predicted molar refractivity (Wildman–Crippen MR) is 76.4 cm³/mol. The van der Waals surface area contributed by atoms with E-state index in [9.17, 15) is 0 Å². The van der Waals surface area contributed by atoms with Crippen molar-refractivity contribution in [3.8, 4) is 5.75 Å². The van der Waals surface area contributed by atoms with E-state index in [4.69, 9.17) is 10.5 Å². The molecule has 3 rings (SSSR count). The van der Waals surface area contributed by atoms with Crippen LogP contribution in [0.5, 0.6) is 5.75 Å². The minimum atomic E-state index is 0.609. The van der Waals surface area contributed by atoms with Crippen molar-refractivity contribution >= 4 is 37.4 Å². The molecule has 2 N–H and O–H groups in total. The Hall–Kier alpha value is -0.320. The third-order valence-electron chi connectivity index (χ3n) is 3.46. The highest BCUT2D eigenvalue weighted by Crippen LogP contribution is 2.49. The number of halogens is 2. The molecular formula is C13H13Br2NO. The number of benzene rings is 1. The van der Waals surface area contributed by atoms with Crippen LogP contribution in [0.25, 0.3) is 5.57 Å². The fourth-order valence-corrected chi connectivity index (χ4v) is 3.94. The molecule has 0 amide bonds. The zero-order valence-electron chi connectivity index (χ0n) is 9.35. The summed E-state index contributed by atoms with van der Waals surface area (Å²) < 4.78 is 7.94. The third kappa shape index (κ3) is 1.69. The van der Waals surface area contributed by atoms with Gasteiger partial charge >= 0.3 is 0 Å². The molecule has 90 valence electrons. The van der Waals surface area contributed by atoms with Gasteiger partial charge in [0.05, 0.1) is 11.1 Å². The molecule has 17 heavy (non-hydrogen) atoms. The second kappa shape index (κ2) is 4.41. The van der Waals surface area contributed by atoms with Crippen molar-refractivity contribution in [1.82, 2.24) is 0 Å². The summed E-state index contributed by atoms with van der Waals surface area (Å²) >= 11 is 7.31. The van der Waals surface area contributed by atoms with Crippen molar-refractivity contribution in [3.05, 3.63) is 31.7 Å². The van der Waals surface area contributed by atoms with Crippen LogP contribution in [0.3, 0.4) is 0 Å². The number of hydrogen-bond donors (Lipinski definition) is 1. The van der Waals surface area contributed by atoms with Crippen LogP contribution >= 0.6 is 31.9 Å². The van der Waals surface area contributed by atoms with Crippen LogP contribution in [0.2, 0.25) is 0 Å². The second-order valence-electron chi connectivity index (χ2n) is 4.35. The average molecular weight is 359 g/mol. The number of fused-ring (bicyclic) bond motifs is 3. The predicted octanol–water partition coefficient (Wildman–Crippen LogP) is 3.43. The van der Waals surface area contributed by atoms with Gasteiger partial charge in [-0.05, 0) is 61.4 Å². The molecule has 0 saturated carbocycles. The first-order valence-corrected chi connectivity index (χ1v) is 7.37. The Morgan fingerprint density at radius 3 is 2.71 bits per heavy atom. The summed E-state index contributed by atoms with van der Waals surface area (Å²) in [5.41, 5.74) is 11.2. The largest absolute Gasteiger partial charge is 0.492 e. The van der Waals surface area contributed by atoms with E-state index in [0.717, 1.165) is 40.6 Å². The minimum absolute atomic E-state index is 0.609. The topological polar surface area (TPSA) is 35.2 Å². The Morgan fingerprint density at radius 1 is 1.12 bits per heavy atom. The van der Waals surface area contributed by atoms with Crippen molar-refractivity contribution in [1.29, 1.82) is 0 Å². The molecule has 1 heterocycles. The molecule has 0 fully saturated rings. The third-order valence-corrected chi connectivity index (χ3v) is 5.63. The molecule has 0 unspecified atom stereocenters. The maximum absolute atomic E-state index is 5.73. The second-order valence-corrected chi connectivity index (χ2v) is 5.94. The lowest BCUT2D eigenvalue weighted by molar-refractivity contribution is 0.354. The van der Waals surface area contributed by atoms with E-state index in [1.807, 2.05) is 0 Å². The van der Waals surface area contributed by atoms with Crippen molar-refractivity contribution in [2.24, 2.45) is 5.73 Å². The Kier molecular flexibility index (Phi) is 3.05. The molecule has 1 aromatic rings. The zero-order chi connectivity index (χ0) is 12.0. The Bertz CT molecular complexity index is 523. The maximum Gasteiger partial charge on any atom is 0.138 e. The van der Waals surface area contributed by atoms with Gasteiger partial charge in [0.15, 0.2) is 0 Å². The van der Waals surface area contributed by atoms with Crippen LogP contribution in [-0.4, -0.2) is 13.2 Å². The lowest BCUT2D eigenvalue weighted by atomic mass is 9.98. The summed E-state index contributed by atoms with van der Waals surface area (Å²) in [6.45, 7) is 1.39. The minimum Gasteiger partial charge on any atom is -0.492 e. The van der Waals surface area contributed by atoms with E-state index >= 15 is 0 Å². The Morgan fingerprint density at radius 2 is 1.94 bits per heavy atom. The maximum atomic E-state index is 5.73. The van der Waals surface area contributed by atoms with Crippen molar-refractivity contribution in [3.63, 3.8) is 0 Å². The number of ether oxygens (including phenoxy) is 1. The van der Waals surface area contributed by atoms with Gasteiger partial charge < -0.3 is 10.5 Å². The molecule has 0 radical (unpaired) electrons. The molecule has 0 saturated heterocycles. The highest BCUT2D eigenvalue weighted by molar-refractivity contribution is 9.13. The fourth-order valence-electron chi connectivity index (χ4n) is 2.77. The highest BCUT2D eigenvalue weighted by Gasteiger charge is 2.30. The van der Waals surface area contributed by atoms with Gasteiger partial charge in [0.2, 0.25) is 0 Å². The first-order chi connectivity index (χ1) is 8.24. The molecule has 1 aliphatic carbocycles. The van der Waals surface area contributed by atoms with E-state index in [1.54, 1.807) is 0 Å². The molecule has 0 aromatic heterocycles. The quantitative estimate of drug-likeness (QED) is 0.834. The molecular weight excluding hydrogens is 346 g/mol. The lowest BCUT2D eigenvalue weighted by Crippen LogP contribution is -1.97. The first kappa shape index (κ1) is 11.8. The standard InChI is InChI=1S/C13H13Br2NO/c14-11-8-2-1-7(3-5-16)10(8)9-4-6-17-13(9)12(11)15/h3H,1-2,4-6,16H2. The monoisotopic (exact) mass is 357 g/mol. The molecule has 1 aliphatic heterocycles. The van der Waals surface area contributed by atoms with Gasteiger partial charge in [0.1, 0.15) is 5.75 Å². The van der Waals surface area contributed by atoms with Gasteiger partial charge in [0.25, 0.3) is 0 Å². The molecule has 2 aliphatic rings. The van der Waals surface area contributed by atoms with Crippen LogP contribution in [0.4, 0.5) is 0 Å². The van der Waals surface area contributed by atoms with Crippen LogP contribution in [-0.2, 0) is 12.8 Å². The van der Waals surface area contributed by atoms with Gasteiger partial charge in [-0.15, -0.1) is 0 Å². The smallest absolute Gasteiger partial charge is 0.138 e. The SMILES string of the molecule is NCC=C1CCc2c(Br)c(Br)c3c(c21)CCO3. The number of nitrogens with two attached hydrogens (primary N) is 1. The fraction of sp³-hybridized carbons (Fsp3) is 0.385. The van der Waals surface area contributed by atoms with E-state index in [0.29, 0.717) is 6.54 Å². The molecule has 0 bridgehead atoms. The summed E-state index contributed by atoms with van der Waals surface area (Å²) in [6.07, 6.45) is 5.33. The molecule has 0 atom stereocenters. The molecule has 1 aromatic carbocycles. The van der Waals surface area contributed by atoms with Gasteiger partial charge in [-0.25, -0.2) is 0 Å². The van der Waals surface area contributed by atoms with E-state index < -0.39 is 0 Å². The summed E-state index contributed by atoms with van der Waals surface area (Å²) in [5, 5.41) is 0.